The van der Waals surface area contributed by atoms with E-state index < -0.39 is 72.8 Å². The number of hydrogen-bond acceptors (Lipinski definition) is 7. The molecule has 0 aliphatic rings. The lowest BCUT2D eigenvalue weighted by Crippen LogP contribution is -2.59. The van der Waals surface area contributed by atoms with E-state index in [1.54, 1.807) is 20.8 Å². The third kappa shape index (κ3) is 8.74. The van der Waals surface area contributed by atoms with Crippen molar-refractivity contribution in [2.45, 2.75) is 64.7 Å². The molecule has 12 heteroatoms. The van der Waals surface area contributed by atoms with Gasteiger partial charge in [-0.15, -0.1) is 0 Å². The summed E-state index contributed by atoms with van der Waals surface area (Å²) in [4.78, 5) is 59.2. The lowest BCUT2D eigenvalue weighted by atomic mass is 9.99. The number of aliphatic carboxylic acids is 2. The molecule has 0 aromatic rings. The molecule has 0 fully saturated rings. The van der Waals surface area contributed by atoms with Crippen LogP contribution < -0.4 is 21.7 Å². The summed E-state index contributed by atoms with van der Waals surface area (Å²) >= 11 is 0. The van der Waals surface area contributed by atoms with Gasteiger partial charge in [0.15, 0.2) is 0 Å². The lowest BCUT2D eigenvalue weighted by molar-refractivity contribution is -0.144. The van der Waals surface area contributed by atoms with Gasteiger partial charge in [-0.1, -0.05) is 34.1 Å². The molecule has 12 nitrogen and oxygen atoms in total. The van der Waals surface area contributed by atoms with Crippen LogP contribution in [0, 0.1) is 11.8 Å². The van der Waals surface area contributed by atoms with Crippen molar-refractivity contribution in [3.8, 4) is 0 Å². The number of carbonyl (C=O) groups is 5. The van der Waals surface area contributed by atoms with E-state index in [1.165, 1.54) is 0 Å². The maximum absolute atomic E-state index is 12.5. The molecular formula is C18H32N4O8. The highest BCUT2D eigenvalue weighted by Gasteiger charge is 2.32. The molecular weight excluding hydrogens is 400 g/mol. The molecule has 0 aliphatic carbocycles. The van der Waals surface area contributed by atoms with E-state index in [4.69, 9.17) is 15.9 Å². The average Bonchev–Trinajstić information content (AvgIpc) is 2.66. The van der Waals surface area contributed by atoms with Crippen LogP contribution in [0.2, 0.25) is 0 Å². The number of nitrogens with two attached hydrogens (primary N) is 1. The van der Waals surface area contributed by atoms with Crippen LogP contribution >= 0.6 is 0 Å². The van der Waals surface area contributed by atoms with Gasteiger partial charge < -0.3 is 37.0 Å². The number of rotatable bonds is 13. The van der Waals surface area contributed by atoms with Crippen LogP contribution in [0.1, 0.15) is 40.5 Å². The molecule has 0 aromatic carbocycles. The van der Waals surface area contributed by atoms with Crippen molar-refractivity contribution >= 4 is 29.7 Å². The van der Waals surface area contributed by atoms with E-state index in [2.05, 4.69) is 16.0 Å². The van der Waals surface area contributed by atoms with E-state index in [-0.39, 0.29) is 5.92 Å². The van der Waals surface area contributed by atoms with Gasteiger partial charge in [0, 0.05) is 0 Å². The molecule has 5 atom stereocenters. The summed E-state index contributed by atoms with van der Waals surface area (Å²) in [5.74, 6) is -6.11. The number of carbonyl (C=O) groups excluding carboxylic acids is 3. The third-order valence-electron chi connectivity index (χ3n) is 4.62. The molecule has 172 valence electrons. The van der Waals surface area contributed by atoms with E-state index in [9.17, 15) is 29.1 Å². The van der Waals surface area contributed by atoms with Gasteiger partial charge in [0.05, 0.1) is 19.1 Å². The van der Waals surface area contributed by atoms with Crippen LogP contribution in [-0.4, -0.2) is 75.8 Å². The van der Waals surface area contributed by atoms with Crippen molar-refractivity contribution in [3.63, 3.8) is 0 Å². The summed E-state index contributed by atoms with van der Waals surface area (Å²) < 4.78 is 0. The summed E-state index contributed by atoms with van der Waals surface area (Å²) in [7, 11) is 0. The van der Waals surface area contributed by atoms with Crippen LogP contribution in [-0.2, 0) is 24.0 Å². The Kier molecular flexibility index (Phi) is 11.6. The van der Waals surface area contributed by atoms with E-state index in [0.717, 1.165) is 0 Å². The maximum Gasteiger partial charge on any atom is 0.326 e. The maximum atomic E-state index is 12.5. The van der Waals surface area contributed by atoms with E-state index in [0.29, 0.717) is 6.42 Å². The van der Waals surface area contributed by atoms with Crippen molar-refractivity contribution in [1.82, 2.24) is 16.0 Å². The van der Waals surface area contributed by atoms with Gasteiger partial charge >= 0.3 is 11.9 Å². The first-order valence-corrected chi connectivity index (χ1v) is 9.57. The predicted octanol–water partition coefficient (Wildman–Crippen LogP) is -1.98. The number of carboxylic acids is 2. The monoisotopic (exact) mass is 432 g/mol. The van der Waals surface area contributed by atoms with Crippen molar-refractivity contribution in [2.24, 2.45) is 17.6 Å². The highest BCUT2D eigenvalue weighted by atomic mass is 16.4. The Hall–Kier alpha value is -2.73. The number of aliphatic hydroxyl groups is 1. The molecule has 0 saturated carbocycles. The largest absolute Gasteiger partial charge is 0.481 e. The first kappa shape index (κ1) is 27.3. The smallest absolute Gasteiger partial charge is 0.326 e. The first-order valence-electron chi connectivity index (χ1n) is 9.57. The summed E-state index contributed by atoms with van der Waals surface area (Å²) in [5, 5.41) is 34.2. The minimum absolute atomic E-state index is 0.224. The average molecular weight is 432 g/mol. The molecule has 0 saturated heterocycles. The fourth-order valence-corrected chi connectivity index (χ4v) is 2.40. The topological polar surface area (TPSA) is 208 Å². The van der Waals surface area contributed by atoms with E-state index in [1.807, 2.05) is 6.92 Å². The number of hydrogen-bond donors (Lipinski definition) is 7. The summed E-state index contributed by atoms with van der Waals surface area (Å²) in [5.41, 5.74) is 5.79. The second kappa shape index (κ2) is 12.8. The molecule has 5 unspecified atom stereocenters. The summed E-state index contributed by atoms with van der Waals surface area (Å²) in [6.07, 6.45) is -0.202. The number of amides is 3. The molecule has 0 aromatic heterocycles. The Morgan fingerprint density at radius 3 is 1.77 bits per heavy atom. The first-order chi connectivity index (χ1) is 13.8. The van der Waals surface area contributed by atoms with Crippen LogP contribution in [0.3, 0.4) is 0 Å². The Morgan fingerprint density at radius 1 is 0.867 bits per heavy atom. The zero-order chi connectivity index (χ0) is 23.6. The second-order valence-electron chi connectivity index (χ2n) is 7.38. The number of nitrogens with one attached hydrogen (secondary N) is 3. The SMILES string of the molecule is CCC(C)C(N)C(=O)NC(CC(=O)O)C(=O)NC(CO)C(=O)NC(C(=O)O)C(C)C. The molecule has 0 radical (unpaired) electrons. The second-order valence-corrected chi connectivity index (χ2v) is 7.38. The highest BCUT2D eigenvalue weighted by Crippen LogP contribution is 2.07. The Labute approximate surface area is 174 Å². The Balaban J connectivity index is 5.30. The van der Waals surface area contributed by atoms with Gasteiger partial charge in [-0.05, 0) is 11.8 Å². The van der Waals surface area contributed by atoms with Crippen LogP contribution in [0.25, 0.3) is 0 Å². The minimum atomic E-state index is -1.55. The molecule has 30 heavy (non-hydrogen) atoms. The normalized spacial score (nSPS) is 16.0. The highest BCUT2D eigenvalue weighted by molar-refractivity contribution is 5.95. The van der Waals surface area contributed by atoms with Gasteiger partial charge in [0.1, 0.15) is 18.1 Å². The number of aliphatic hydroxyl groups excluding tert-OH is 1. The molecule has 0 spiro atoms. The van der Waals surface area contributed by atoms with Crippen LogP contribution in [0.5, 0.6) is 0 Å². The number of carboxylic acid groups (broad SMARTS) is 2. The minimum Gasteiger partial charge on any atom is -0.481 e. The molecule has 0 heterocycles. The van der Waals surface area contributed by atoms with E-state index >= 15 is 0 Å². The van der Waals surface area contributed by atoms with Gasteiger partial charge in [0.2, 0.25) is 17.7 Å². The molecule has 8 N–H and O–H groups in total. The van der Waals surface area contributed by atoms with Gasteiger partial charge in [-0.3, -0.25) is 19.2 Å². The lowest BCUT2D eigenvalue weighted by Gasteiger charge is -2.25. The Bertz CT molecular complexity index is 640. The zero-order valence-electron chi connectivity index (χ0n) is 17.5. The van der Waals surface area contributed by atoms with Crippen molar-refractivity contribution in [3.05, 3.63) is 0 Å². The Morgan fingerprint density at radius 2 is 1.37 bits per heavy atom. The van der Waals surface area contributed by atoms with Crippen LogP contribution in [0.15, 0.2) is 0 Å². The van der Waals surface area contributed by atoms with Gasteiger partial charge in [-0.2, -0.15) is 0 Å². The fraction of sp³-hybridized carbons (Fsp3) is 0.722. The molecule has 0 bridgehead atoms. The zero-order valence-corrected chi connectivity index (χ0v) is 17.5. The van der Waals surface area contributed by atoms with Crippen LogP contribution in [0.4, 0.5) is 0 Å². The van der Waals surface area contributed by atoms with Crippen molar-refractivity contribution < 1.29 is 39.3 Å². The fourth-order valence-electron chi connectivity index (χ4n) is 2.40. The van der Waals surface area contributed by atoms with Gasteiger partial charge in [-0.25, -0.2) is 4.79 Å². The molecule has 0 rings (SSSR count). The van der Waals surface area contributed by atoms with Gasteiger partial charge in [0.25, 0.3) is 0 Å². The quantitative estimate of drug-likeness (QED) is 0.172. The standard InChI is InChI=1S/C18H32N4O8/c1-5-9(4)13(19)17(28)20-10(6-12(24)25)15(26)21-11(7-23)16(27)22-14(8(2)3)18(29)30/h8-11,13-14,23H,5-7,19H2,1-4H3,(H,20,28)(H,21,26)(H,22,27)(H,24,25)(H,29,30). The summed E-state index contributed by atoms with van der Waals surface area (Å²) in [6, 6.07) is -5.33. The predicted molar refractivity (Wildman–Crippen MR) is 105 cm³/mol. The van der Waals surface area contributed by atoms with Crippen molar-refractivity contribution in [1.29, 1.82) is 0 Å². The third-order valence-corrected chi connectivity index (χ3v) is 4.62. The molecule has 0 aliphatic heterocycles. The molecule has 3 amide bonds. The summed E-state index contributed by atoms with van der Waals surface area (Å²) in [6.45, 7) is 5.78. The van der Waals surface area contributed by atoms with Crippen molar-refractivity contribution in [2.75, 3.05) is 6.61 Å².